The number of nitrogens with two attached hydrogens (primary N) is 1. The summed E-state index contributed by atoms with van der Waals surface area (Å²) in [6.07, 6.45) is 0.733. The van der Waals surface area contributed by atoms with Crippen molar-refractivity contribution < 1.29 is 9.90 Å². The van der Waals surface area contributed by atoms with Crippen LogP contribution >= 0.6 is 0 Å². The van der Waals surface area contributed by atoms with Crippen LogP contribution in [0.2, 0.25) is 0 Å². The van der Waals surface area contributed by atoms with Gasteiger partial charge in [-0.2, -0.15) is 0 Å². The molecule has 1 aromatic heterocycles. The number of phenols is 1. The van der Waals surface area contributed by atoms with Crippen molar-refractivity contribution in [3.05, 3.63) is 76.9 Å². The van der Waals surface area contributed by atoms with Crippen LogP contribution in [0.3, 0.4) is 0 Å². The molecule has 0 aliphatic heterocycles. The molecular weight excluding hydrogens is 312 g/mol. The fraction of sp³-hybridized carbons (Fsp3) is 0.0952. The second kappa shape index (κ2) is 5.67. The summed E-state index contributed by atoms with van der Waals surface area (Å²) in [5, 5.41) is 11.7. The molecule has 4 aromatic rings. The van der Waals surface area contributed by atoms with Gasteiger partial charge in [-0.3, -0.25) is 4.79 Å². The van der Waals surface area contributed by atoms with E-state index < -0.39 is 5.91 Å². The number of rotatable bonds is 3. The molecule has 0 bridgehead atoms. The van der Waals surface area contributed by atoms with E-state index in [9.17, 15) is 9.90 Å². The van der Waals surface area contributed by atoms with Gasteiger partial charge in [-0.1, -0.05) is 42.0 Å². The molecule has 4 nitrogen and oxygen atoms in total. The Kier molecular flexibility index (Phi) is 3.46. The second-order valence-electron chi connectivity index (χ2n) is 6.38. The van der Waals surface area contributed by atoms with Gasteiger partial charge in [0.25, 0.3) is 0 Å². The molecule has 4 rings (SSSR count). The molecule has 1 heterocycles. The number of aryl methyl sites for hydroxylation is 1. The zero-order valence-electron chi connectivity index (χ0n) is 13.8. The summed E-state index contributed by atoms with van der Waals surface area (Å²) in [5.41, 5.74) is 11.0. The van der Waals surface area contributed by atoms with Gasteiger partial charge in [-0.25, -0.2) is 0 Å². The predicted octanol–water partition coefficient (Wildman–Crippen LogP) is 4.02. The summed E-state index contributed by atoms with van der Waals surface area (Å²) in [6, 6.07) is 17.3. The highest BCUT2D eigenvalue weighted by atomic mass is 16.3. The molecule has 25 heavy (non-hydrogen) atoms. The maximum Gasteiger partial charge on any atom is 0.249 e. The number of benzene rings is 3. The van der Waals surface area contributed by atoms with Crippen LogP contribution in [0, 0.1) is 6.92 Å². The van der Waals surface area contributed by atoms with Crippen molar-refractivity contribution in [1.82, 2.24) is 4.98 Å². The van der Waals surface area contributed by atoms with Crippen LogP contribution in [-0.2, 0) is 6.42 Å². The molecule has 0 atom stereocenters. The predicted molar refractivity (Wildman–Crippen MR) is 100.0 cm³/mol. The lowest BCUT2D eigenvalue weighted by Gasteiger charge is -2.07. The molecule has 4 heteroatoms. The van der Waals surface area contributed by atoms with Crippen LogP contribution in [0.5, 0.6) is 5.75 Å². The van der Waals surface area contributed by atoms with Gasteiger partial charge in [-0.05, 0) is 42.7 Å². The number of aromatic amines is 1. The zero-order chi connectivity index (χ0) is 17.6. The van der Waals surface area contributed by atoms with Crippen LogP contribution in [0.15, 0.2) is 54.6 Å². The minimum Gasteiger partial charge on any atom is -0.507 e. The number of hydrogen-bond donors (Lipinski definition) is 3. The van der Waals surface area contributed by atoms with E-state index in [0.29, 0.717) is 16.3 Å². The summed E-state index contributed by atoms with van der Waals surface area (Å²) in [7, 11) is 0. The molecule has 3 aromatic carbocycles. The van der Waals surface area contributed by atoms with E-state index in [1.807, 2.05) is 18.2 Å². The van der Waals surface area contributed by atoms with Gasteiger partial charge in [0.15, 0.2) is 0 Å². The molecule has 124 valence electrons. The number of primary amides is 1. The monoisotopic (exact) mass is 330 g/mol. The van der Waals surface area contributed by atoms with Gasteiger partial charge in [0.05, 0.1) is 10.9 Å². The van der Waals surface area contributed by atoms with Crippen molar-refractivity contribution in [2.45, 2.75) is 13.3 Å². The topological polar surface area (TPSA) is 79.1 Å². The Bertz CT molecular complexity index is 1130. The minimum absolute atomic E-state index is 0.142. The number of hydrogen-bond acceptors (Lipinski definition) is 2. The number of carbonyl (C=O) groups excluding carboxylic acids is 1. The van der Waals surface area contributed by atoms with Crippen LogP contribution in [0.1, 0.15) is 27.0 Å². The second-order valence-corrected chi connectivity index (χ2v) is 6.38. The smallest absolute Gasteiger partial charge is 0.249 e. The molecule has 0 saturated heterocycles. The lowest BCUT2D eigenvalue weighted by Crippen LogP contribution is -2.10. The first-order valence-corrected chi connectivity index (χ1v) is 8.15. The fourth-order valence-electron chi connectivity index (χ4n) is 3.49. The number of amides is 1. The first-order valence-electron chi connectivity index (χ1n) is 8.15. The third-order valence-electron chi connectivity index (χ3n) is 4.59. The van der Waals surface area contributed by atoms with Crippen LogP contribution in [-0.4, -0.2) is 16.0 Å². The van der Waals surface area contributed by atoms with Crippen LogP contribution < -0.4 is 5.73 Å². The highest BCUT2D eigenvalue weighted by molar-refractivity contribution is 6.19. The van der Waals surface area contributed by atoms with Crippen molar-refractivity contribution in [3.63, 3.8) is 0 Å². The summed E-state index contributed by atoms with van der Waals surface area (Å²) < 4.78 is 0. The SMILES string of the molecule is Cc1cccc(Cc2ccc(O)c3c2[nH]c2cccc(C(N)=O)c23)c1. The first-order chi connectivity index (χ1) is 12.0. The Labute approximate surface area is 144 Å². The standard InChI is InChI=1S/C21H18N2O2/c1-12-4-2-5-13(10-12)11-14-8-9-17(24)19-18-15(21(22)25)6-3-7-16(18)23-20(14)19/h2-10,23-24H,11H2,1H3,(H2,22,25). The van der Waals surface area contributed by atoms with E-state index in [-0.39, 0.29) is 5.75 Å². The molecule has 0 spiro atoms. The highest BCUT2D eigenvalue weighted by Crippen LogP contribution is 2.37. The van der Waals surface area contributed by atoms with E-state index in [2.05, 4.69) is 30.1 Å². The van der Waals surface area contributed by atoms with Gasteiger partial charge >= 0.3 is 0 Å². The number of nitrogens with one attached hydrogen (secondary N) is 1. The van der Waals surface area contributed by atoms with E-state index in [4.69, 9.17) is 5.73 Å². The Morgan fingerprint density at radius 2 is 1.88 bits per heavy atom. The number of aromatic nitrogens is 1. The van der Waals surface area contributed by atoms with Crippen LogP contribution in [0.4, 0.5) is 0 Å². The lowest BCUT2D eigenvalue weighted by molar-refractivity contribution is 0.100. The number of phenolic OH excluding ortho intramolecular Hbond substituents is 1. The Balaban J connectivity index is 1.99. The first kappa shape index (κ1) is 15.3. The number of aromatic hydroxyl groups is 1. The lowest BCUT2D eigenvalue weighted by atomic mass is 9.99. The number of H-pyrrole nitrogens is 1. The summed E-state index contributed by atoms with van der Waals surface area (Å²) in [6.45, 7) is 2.07. The Morgan fingerprint density at radius 1 is 1.08 bits per heavy atom. The third-order valence-corrected chi connectivity index (χ3v) is 4.59. The van der Waals surface area contributed by atoms with E-state index in [1.54, 1.807) is 18.2 Å². The fourth-order valence-corrected chi connectivity index (χ4v) is 3.49. The molecule has 0 unspecified atom stereocenters. The van der Waals surface area contributed by atoms with E-state index in [0.717, 1.165) is 23.0 Å². The molecule has 0 aliphatic rings. The van der Waals surface area contributed by atoms with Gasteiger partial charge in [0.2, 0.25) is 5.91 Å². The van der Waals surface area contributed by atoms with Crippen molar-refractivity contribution in [2.75, 3.05) is 0 Å². The van der Waals surface area contributed by atoms with Crippen molar-refractivity contribution >= 4 is 27.7 Å². The average molecular weight is 330 g/mol. The van der Waals surface area contributed by atoms with Crippen molar-refractivity contribution in [2.24, 2.45) is 5.73 Å². The average Bonchev–Trinajstić information content (AvgIpc) is 2.98. The number of fused-ring (bicyclic) bond motifs is 3. The maximum atomic E-state index is 11.8. The molecule has 0 radical (unpaired) electrons. The van der Waals surface area contributed by atoms with Gasteiger partial charge < -0.3 is 15.8 Å². The Morgan fingerprint density at radius 3 is 2.64 bits per heavy atom. The Hall–Kier alpha value is -3.27. The van der Waals surface area contributed by atoms with E-state index in [1.165, 1.54) is 11.1 Å². The molecule has 0 fully saturated rings. The maximum absolute atomic E-state index is 11.8. The largest absolute Gasteiger partial charge is 0.507 e. The van der Waals surface area contributed by atoms with Crippen LogP contribution in [0.25, 0.3) is 21.8 Å². The molecule has 0 aliphatic carbocycles. The molecule has 4 N–H and O–H groups in total. The number of carbonyl (C=O) groups is 1. The summed E-state index contributed by atoms with van der Waals surface area (Å²) in [4.78, 5) is 15.2. The molecular formula is C21H18N2O2. The van der Waals surface area contributed by atoms with Crippen molar-refractivity contribution in [1.29, 1.82) is 0 Å². The van der Waals surface area contributed by atoms with Gasteiger partial charge in [-0.15, -0.1) is 0 Å². The summed E-state index contributed by atoms with van der Waals surface area (Å²) >= 11 is 0. The highest BCUT2D eigenvalue weighted by Gasteiger charge is 2.17. The van der Waals surface area contributed by atoms with Gasteiger partial charge in [0, 0.05) is 16.5 Å². The molecule has 0 saturated carbocycles. The quantitative estimate of drug-likeness (QED) is 0.530. The molecule has 1 amide bonds. The third kappa shape index (κ3) is 2.52. The summed E-state index contributed by atoms with van der Waals surface area (Å²) in [5.74, 6) is -0.363. The van der Waals surface area contributed by atoms with Gasteiger partial charge in [0.1, 0.15) is 5.75 Å². The van der Waals surface area contributed by atoms with E-state index >= 15 is 0 Å². The minimum atomic E-state index is -0.505. The normalized spacial score (nSPS) is 11.2. The van der Waals surface area contributed by atoms with Crippen molar-refractivity contribution in [3.8, 4) is 5.75 Å². The zero-order valence-corrected chi connectivity index (χ0v) is 13.8.